The lowest BCUT2D eigenvalue weighted by atomic mass is 9.92. The van der Waals surface area contributed by atoms with Crippen molar-refractivity contribution in [3.63, 3.8) is 0 Å². The molecular weight excluding hydrogens is 380 g/mol. The predicted octanol–water partition coefficient (Wildman–Crippen LogP) is 3.58. The highest BCUT2D eigenvalue weighted by Gasteiger charge is 2.34. The molecule has 2 aromatic rings. The van der Waals surface area contributed by atoms with Crippen LogP contribution in [0.5, 0.6) is 11.5 Å². The first-order valence-corrected chi connectivity index (χ1v) is 10.0. The number of aliphatic hydroxyl groups excluding tert-OH is 2. The molecule has 0 aliphatic carbocycles. The SMILES string of the molecule is Cc1ccc(Cc2cc(C3CC(O)CC(CO)O3)c3c(c2Cl)OCCO3)cc1. The predicted molar refractivity (Wildman–Crippen MR) is 106 cm³/mol. The Morgan fingerprint density at radius 3 is 2.50 bits per heavy atom. The van der Waals surface area contributed by atoms with Crippen LogP contribution in [-0.4, -0.2) is 42.2 Å². The van der Waals surface area contributed by atoms with E-state index in [-0.39, 0.29) is 12.7 Å². The second-order valence-electron chi connectivity index (χ2n) is 7.51. The van der Waals surface area contributed by atoms with Crippen LogP contribution in [0, 0.1) is 6.92 Å². The minimum Gasteiger partial charge on any atom is -0.486 e. The maximum absolute atomic E-state index is 10.2. The summed E-state index contributed by atoms with van der Waals surface area (Å²) < 4.78 is 17.7. The molecule has 5 nitrogen and oxygen atoms in total. The van der Waals surface area contributed by atoms with Crippen LogP contribution in [0.1, 0.15) is 41.2 Å². The van der Waals surface area contributed by atoms with E-state index in [1.54, 1.807) is 0 Å². The van der Waals surface area contributed by atoms with Gasteiger partial charge in [0.05, 0.1) is 29.9 Å². The highest BCUT2D eigenvalue weighted by Crippen LogP contribution is 2.47. The Kier molecular flexibility index (Phi) is 5.78. The molecule has 2 aromatic carbocycles. The topological polar surface area (TPSA) is 68.2 Å². The van der Waals surface area contributed by atoms with Gasteiger partial charge in [0.1, 0.15) is 13.2 Å². The van der Waals surface area contributed by atoms with Crippen LogP contribution in [0.2, 0.25) is 5.02 Å². The number of hydrogen-bond donors (Lipinski definition) is 2. The van der Waals surface area contributed by atoms with E-state index in [1.807, 2.05) is 6.07 Å². The van der Waals surface area contributed by atoms with Crippen molar-refractivity contribution in [2.45, 2.75) is 44.5 Å². The van der Waals surface area contributed by atoms with Crippen LogP contribution in [-0.2, 0) is 11.2 Å². The number of halogens is 1. The fraction of sp³-hybridized carbons (Fsp3) is 0.455. The number of benzene rings is 2. The van der Waals surface area contributed by atoms with E-state index in [2.05, 4.69) is 31.2 Å². The summed E-state index contributed by atoms with van der Waals surface area (Å²) in [5.74, 6) is 1.12. The lowest BCUT2D eigenvalue weighted by Gasteiger charge is -2.34. The Morgan fingerprint density at radius 1 is 1.07 bits per heavy atom. The fourth-order valence-electron chi connectivity index (χ4n) is 3.86. The van der Waals surface area contributed by atoms with Gasteiger partial charge in [-0.2, -0.15) is 0 Å². The average Bonchev–Trinajstić information content (AvgIpc) is 2.71. The maximum Gasteiger partial charge on any atom is 0.180 e. The summed E-state index contributed by atoms with van der Waals surface area (Å²) in [6.45, 7) is 2.80. The summed E-state index contributed by atoms with van der Waals surface area (Å²) >= 11 is 6.67. The smallest absolute Gasteiger partial charge is 0.180 e. The number of aliphatic hydroxyl groups is 2. The van der Waals surface area contributed by atoms with Crippen molar-refractivity contribution in [1.29, 1.82) is 0 Å². The molecule has 3 unspecified atom stereocenters. The Labute approximate surface area is 169 Å². The number of ether oxygens (including phenoxy) is 3. The first-order valence-electron chi connectivity index (χ1n) is 9.66. The molecule has 28 heavy (non-hydrogen) atoms. The molecular formula is C22H25ClO5. The van der Waals surface area contributed by atoms with Gasteiger partial charge in [-0.05, 0) is 30.5 Å². The van der Waals surface area contributed by atoms with E-state index in [0.29, 0.717) is 49.0 Å². The van der Waals surface area contributed by atoms with Gasteiger partial charge < -0.3 is 24.4 Å². The van der Waals surface area contributed by atoms with Gasteiger partial charge in [-0.15, -0.1) is 0 Å². The second-order valence-corrected chi connectivity index (χ2v) is 7.89. The molecule has 6 heteroatoms. The number of aryl methyl sites for hydroxylation is 1. The molecule has 4 rings (SSSR count). The first-order chi connectivity index (χ1) is 13.5. The third-order valence-corrected chi connectivity index (χ3v) is 5.71. The molecule has 2 aliphatic heterocycles. The summed E-state index contributed by atoms with van der Waals surface area (Å²) in [5.41, 5.74) is 4.10. The minimum atomic E-state index is -0.535. The van der Waals surface area contributed by atoms with E-state index >= 15 is 0 Å². The highest BCUT2D eigenvalue weighted by molar-refractivity contribution is 6.33. The van der Waals surface area contributed by atoms with Gasteiger partial charge in [-0.3, -0.25) is 0 Å². The Bertz CT molecular complexity index is 836. The molecule has 0 saturated carbocycles. The monoisotopic (exact) mass is 404 g/mol. The van der Waals surface area contributed by atoms with Gasteiger partial charge in [0.25, 0.3) is 0 Å². The van der Waals surface area contributed by atoms with E-state index in [1.165, 1.54) is 5.56 Å². The molecule has 0 amide bonds. The van der Waals surface area contributed by atoms with Gasteiger partial charge in [-0.1, -0.05) is 41.4 Å². The Hall–Kier alpha value is -1.79. The summed E-state index contributed by atoms with van der Waals surface area (Å²) in [4.78, 5) is 0. The minimum absolute atomic E-state index is 0.128. The molecule has 150 valence electrons. The van der Waals surface area contributed by atoms with Crippen LogP contribution < -0.4 is 9.47 Å². The number of rotatable bonds is 4. The van der Waals surface area contributed by atoms with Crippen molar-refractivity contribution in [3.05, 3.63) is 57.6 Å². The molecule has 2 aliphatic rings. The van der Waals surface area contributed by atoms with Crippen molar-refractivity contribution in [2.24, 2.45) is 0 Å². The molecule has 3 atom stereocenters. The molecule has 1 saturated heterocycles. The zero-order chi connectivity index (χ0) is 19.7. The summed E-state index contributed by atoms with van der Waals surface area (Å²) in [7, 11) is 0. The molecule has 1 fully saturated rings. The van der Waals surface area contributed by atoms with Crippen LogP contribution in [0.25, 0.3) is 0 Å². The van der Waals surface area contributed by atoms with Crippen LogP contribution in [0.4, 0.5) is 0 Å². The van der Waals surface area contributed by atoms with Crippen molar-refractivity contribution in [2.75, 3.05) is 19.8 Å². The Balaban J connectivity index is 1.73. The summed E-state index contributed by atoms with van der Waals surface area (Å²) in [6, 6.07) is 10.3. The quantitative estimate of drug-likeness (QED) is 0.815. The fourth-order valence-corrected chi connectivity index (χ4v) is 4.12. The van der Waals surface area contributed by atoms with E-state index < -0.39 is 12.2 Å². The molecule has 2 N–H and O–H groups in total. The van der Waals surface area contributed by atoms with E-state index in [4.69, 9.17) is 25.8 Å². The third-order valence-electron chi connectivity index (χ3n) is 5.30. The normalized spacial score (nSPS) is 24.2. The zero-order valence-corrected chi connectivity index (χ0v) is 16.6. The van der Waals surface area contributed by atoms with E-state index in [9.17, 15) is 10.2 Å². The van der Waals surface area contributed by atoms with Crippen LogP contribution in [0.15, 0.2) is 30.3 Å². The number of fused-ring (bicyclic) bond motifs is 1. The molecule has 0 bridgehead atoms. The van der Waals surface area contributed by atoms with Crippen molar-refractivity contribution >= 4 is 11.6 Å². The van der Waals surface area contributed by atoms with E-state index in [0.717, 1.165) is 16.7 Å². The maximum atomic E-state index is 10.2. The molecule has 2 heterocycles. The number of hydrogen-bond acceptors (Lipinski definition) is 5. The van der Waals surface area contributed by atoms with Crippen LogP contribution in [0.3, 0.4) is 0 Å². The molecule has 0 spiro atoms. The summed E-state index contributed by atoms with van der Waals surface area (Å²) in [5, 5.41) is 20.3. The average molecular weight is 405 g/mol. The van der Waals surface area contributed by atoms with Gasteiger partial charge in [0.15, 0.2) is 11.5 Å². The molecule has 0 radical (unpaired) electrons. The Morgan fingerprint density at radius 2 is 1.79 bits per heavy atom. The largest absolute Gasteiger partial charge is 0.486 e. The van der Waals surface area contributed by atoms with Crippen molar-refractivity contribution < 1.29 is 24.4 Å². The van der Waals surface area contributed by atoms with Gasteiger partial charge in [0, 0.05) is 18.4 Å². The molecule has 0 aromatic heterocycles. The van der Waals surface area contributed by atoms with Crippen LogP contribution >= 0.6 is 11.6 Å². The van der Waals surface area contributed by atoms with Crippen molar-refractivity contribution in [1.82, 2.24) is 0 Å². The van der Waals surface area contributed by atoms with Gasteiger partial charge in [-0.25, -0.2) is 0 Å². The van der Waals surface area contributed by atoms with Crippen molar-refractivity contribution in [3.8, 4) is 11.5 Å². The third kappa shape index (κ3) is 3.98. The van der Waals surface area contributed by atoms with Gasteiger partial charge >= 0.3 is 0 Å². The first kappa shape index (κ1) is 19.5. The van der Waals surface area contributed by atoms with Gasteiger partial charge in [0.2, 0.25) is 0 Å². The standard InChI is InChI=1S/C22H25ClO5/c1-13-2-4-14(5-3-13)8-15-9-18(19-11-16(25)10-17(12-24)28-19)21-22(20(15)23)27-7-6-26-21/h2-5,9,16-17,19,24-25H,6-8,10-12H2,1H3. The highest BCUT2D eigenvalue weighted by atomic mass is 35.5. The summed E-state index contributed by atoms with van der Waals surface area (Å²) in [6.07, 6.45) is 0.207. The lowest BCUT2D eigenvalue weighted by molar-refractivity contribution is -0.114. The lowest BCUT2D eigenvalue weighted by Crippen LogP contribution is -2.34. The second kappa shape index (κ2) is 8.29. The zero-order valence-electron chi connectivity index (χ0n) is 15.9.